The van der Waals surface area contributed by atoms with Crippen molar-refractivity contribution in [3.8, 4) is 5.75 Å². The molecule has 3 nitrogen and oxygen atoms in total. The third kappa shape index (κ3) is 4.90. The molecule has 0 aromatic heterocycles. The summed E-state index contributed by atoms with van der Waals surface area (Å²) in [5, 5.41) is -0.133. The molecular weight excluding hydrogens is 296 g/mol. The van der Waals surface area contributed by atoms with E-state index in [1.54, 1.807) is 7.11 Å². The molecule has 1 aliphatic rings. The van der Waals surface area contributed by atoms with E-state index in [4.69, 9.17) is 9.47 Å². The minimum atomic E-state index is -0.241. The predicted octanol–water partition coefficient (Wildman–Crippen LogP) is 3.73. The van der Waals surface area contributed by atoms with Crippen LogP contribution in [0.5, 0.6) is 5.75 Å². The lowest BCUT2D eigenvalue weighted by Gasteiger charge is -2.13. The molecule has 0 fully saturated rings. The number of hydrogen-bond donors (Lipinski definition) is 1. The molecule has 0 amide bonds. The van der Waals surface area contributed by atoms with E-state index in [0.717, 1.165) is 23.3 Å². The zero-order chi connectivity index (χ0) is 15.8. The molecule has 1 aliphatic carbocycles. The molecule has 2 rings (SSSR count). The number of carbonyl (C=O) groups excluding carboxylic acids is 1. The van der Waals surface area contributed by atoms with Crippen molar-refractivity contribution >= 4 is 17.7 Å². The van der Waals surface area contributed by atoms with Gasteiger partial charge in [0, 0.05) is 0 Å². The second-order valence-electron chi connectivity index (χ2n) is 4.95. The van der Waals surface area contributed by atoms with E-state index in [9.17, 15) is 4.79 Å². The SMILES string of the molecule is COc1ccc(COCCC=C2C=CC=CC2C(=O)S)cc1. The standard InChI is InChI=1S/C18H20O3S/c1-20-16-10-8-14(9-11-16)13-21-12-4-6-15-5-2-3-7-17(15)18(19)22/h2-3,5-11,17H,4,12-13H2,1H3,(H,19,22). The first-order valence-electron chi connectivity index (χ1n) is 7.19. The van der Waals surface area contributed by atoms with Crippen molar-refractivity contribution in [3.63, 3.8) is 0 Å². The fourth-order valence-electron chi connectivity index (χ4n) is 2.20. The van der Waals surface area contributed by atoms with Gasteiger partial charge in [-0.2, -0.15) is 0 Å². The Morgan fingerprint density at radius 2 is 2.05 bits per heavy atom. The zero-order valence-corrected chi connectivity index (χ0v) is 13.5. The highest BCUT2D eigenvalue weighted by Crippen LogP contribution is 2.21. The Morgan fingerprint density at radius 3 is 2.73 bits per heavy atom. The Balaban J connectivity index is 1.76. The predicted molar refractivity (Wildman–Crippen MR) is 91.1 cm³/mol. The Labute approximate surface area is 136 Å². The summed E-state index contributed by atoms with van der Waals surface area (Å²) in [4.78, 5) is 11.4. The van der Waals surface area contributed by atoms with Gasteiger partial charge in [0.1, 0.15) is 5.75 Å². The fraction of sp³-hybridized carbons (Fsp3) is 0.278. The van der Waals surface area contributed by atoms with Gasteiger partial charge in [0.15, 0.2) is 5.12 Å². The molecule has 1 atom stereocenters. The van der Waals surface area contributed by atoms with E-state index < -0.39 is 0 Å². The average molecular weight is 316 g/mol. The molecule has 0 radical (unpaired) electrons. The molecule has 116 valence electrons. The molecule has 0 bridgehead atoms. The summed E-state index contributed by atoms with van der Waals surface area (Å²) in [7, 11) is 1.65. The van der Waals surface area contributed by atoms with Gasteiger partial charge < -0.3 is 9.47 Å². The summed E-state index contributed by atoms with van der Waals surface area (Å²) in [5.41, 5.74) is 2.09. The third-order valence-corrected chi connectivity index (χ3v) is 3.68. The first kappa shape index (κ1) is 16.6. The Hall–Kier alpha value is -1.78. The van der Waals surface area contributed by atoms with Crippen molar-refractivity contribution in [3.05, 3.63) is 65.8 Å². The molecule has 0 saturated heterocycles. The molecular formula is C18H20O3S. The van der Waals surface area contributed by atoms with Crippen LogP contribution in [-0.2, 0) is 16.1 Å². The third-order valence-electron chi connectivity index (χ3n) is 3.40. The zero-order valence-electron chi connectivity index (χ0n) is 12.6. The first-order chi connectivity index (χ1) is 10.7. The number of ether oxygens (including phenoxy) is 2. The van der Waals surface area contributed by atoms with Crippen LogP contribution in [-0.4, -0.2) is 18.8 Å². The summed E-state index contributed by atoms with van der Waals surface area (Å²) in [6, 6.07) is 7.81. The topological polar surface area (TPSA) is 35.5 Å². The minimum absolute atomic E-state index is 0.133. The highest BCUT2D eigenvalue weighted by molar-refractivity contribution is 7.96. The van der Waals surface area contributed by atoms with Crippen LogP contribution >= 0.6 is 12.6 Å². The Kier molecular flexibility index (Phi) is 6.49. The maximum absolute atomic E-state index is 11.4. The largest absolute Gasteiger partial charge is 0.497 e. The van der Waals surface area contributed by atoms with Crippen LogP contribution in [0.25, 0.3) is 0 Å². The molecule has 1 aromatic rings. The summed E-state index contributed by atoms with van der Waals surface area (Å²) in [5.74, 6) is 0.600. The lowest BCUT2D eigenvalue weighted by atomic mass is 9.95. The van der Waals surface area contributed by atoms with Gasteiger partial charge in [-0.1, -0.05) is 42.5 Å². The fourth-order valence-corrected chi connectivity index (χ4v) is 2.43. The van der Waals surface area contributed by atoms with Crippen molar-refractivity contribution in [2.45, 2.75) is 13.0 Å². The monoisotopic (exact) mass is 316 g/mol. The number of carbonyl (C=O) groups is 1. The summed E-state index contributed by atoms with van der Waals surface area (Å²) < 4.78 is 10.8. The van der Waals surface area contributed by atoms with Crippen molar-refractivity contribution in [1.82, 2.24) is 0 Å². The van der Waals surface area contributed by atoms with E-state index in [1.165, 1.54) is 0 Å². The molecule has 0 spiro atoms. The van der Waals surface area contributed by atoms with E-state index in [-0.39, 0.29) is 11.0 Å². The Bertz CT molecular complexity index is 585. The van der Waals surface area contributed by atoms with Crippen molar-refractivity contribution in [1.29, 1.82) is 0 Å². The molecule has 4 heteroatoms. The van der Waals surface area contributed by atoms with E-state index in [0.29, 0.717) is 13.2 Å². The van der Waals surface area contributed by atoms with Gasteiger partial charge >= 0.3 is 0 Å². The van der Waals surface area contributed by atoms with Gasteiger partial charge in [-0.05, 0) is 29.7 Å². The molecule has 0 N–H and O–H groups in total. The van der Waals surface area contributed by atoms with Gasteiger partial charge in [-0.3, -0.25) is 4.79 Å². The smallest absolute Gasteiger partial charge is 0.197 e. The van der Waals surface area contributed by atoms with E-state index in [1.807, 2.05) is 54.6 Å². The van der Waals surface area contributed by atoms with Gasteiger partial charge in [0.25, 0.3) is 0 Å². The maximum atomic E-state index is 11.4. The molecule has 0 saturated carbocycles. The van der Waals surface area contributed by atoms with Crippen molar-refractivity contribution in [2.24, 2.45) is 5.92 Å². The van der Waals surface area contributed by atoms with Crippen LogP contribution in [0, 0.1) is 5.92 Å². The number of benzene rings is 1. The number of rotatable bonds is 7. The minimum Gasteiger partial charge on any atom is -0.497 e. The van der Waals surface area contributed by atoms with Gasteiger partial charge in [-0.15, -0.1) is 12.6 Å². The van der Waals surface area contributed by atoms with Gasteiger partial charge in [-0.25, -0.2) is 0 Å². The second-order valence-corrected chi connectivity index (χ2v) is 5.39. The van der Waals surface area contributed by atoms with Crippen LogP contribution < -0.4 is 4.74 Å². The van der Waals surface area contributed by atoms with Gasteiger partial charge in [0.05, 0.1) is 26.2 Å². The molecule has 1 unspecified atom stereocenters. The molecule has 1 aromatic carbocycles. The lowest BCUT2D eigenvalue weighted by Crippen LogP contribution is -2.10. The number of thiol groups is 1. The molecule has 22 heavy (non-hydrogen) atoms. The number of hydrogen-bond acceptors (Lipinski definition) is 3. The normalized spacial score (nSPS) is 18.6. The summed E-state index contributed by atoms with van der Waals surface area (Å²) >= 11 is 3.92. The quantitative estimate of drug-likeness (QED) is 0.615. The summed E-state index contributed by atoms with van der Waals surface area (Å²) in [6.07, 6.45) is 10.4. The number of allylic oxidation sites excluding steroid dienone is 5. The molecule has 0 aliphatic heterocycles. The number of methoxy groups -OCH3 is 1. The molecule has 0 heterocycles. The van der Waals surface area contributed by atoms with Crippen LogP contribution in [0.3, 0.4) is 0 Å². The maximum Gasteiger partial charge on any atom is 0.197 e. The first-order valence-corrected chi connectivity index (χ1v) is 7.64. The van der Waals surface area contributed by atoms with E-state index in [2.05, 4.69) is 12.6 Å². The van der Waals surface area contributed by atoms with E-state index >= 15 is 0 Å². The summed E-state index contributed by atoms with van der Waals surface area (Å²) in [6.45, 7) is 1.18. The van der Waals surface area contributed by atoms with Crippen LogP contribution in [0.4, 0.5) is 0 Å². The highest BCUT2D eigenvalue weighted by atomic mass is 32.1. The second kappa shape index (κ2) is 8.61. The van der Waals surface area contributed by atoms with Crippen LogP contribution in [0.2, 0.25) is 0 Å². The van der Waals surface area contributed by atoms with Gasteiger partial charge in [0.2, 0.25) is 0 Å². The Morgan fingerprint density at radius 1 is 1.27 bits per heavy atom. The van der Waals surface area contributed by atoms with Crippen LogP contribution in [0.15, 0.2) is 60.2 Å². The average Bonchev–Trinajstić information content (AvgIpc) is 2.55. The highest BCUT2D eigenvalue weighted by Gasteiger charge is 2.16. The van der Waals surface area contributed by atoms with Crippen molar-refractivity contribution in [2.75, 3.05) is 13.7 Å². The van der Waals surface area contributed by atoms with Crippen molar-refractivity contribution < 1.29 is 14.3 Å². The van der Waals surface area contributed by atoms with Crippen LogP contribution in [0.1, 0.15) is 12.0 Å². The lowest BCUT2D eigenvalue weighted by molar-refractivity contribution is -0.112.